The molecule has 4 N–H and O–H groups in total. The highest BCUT2D eigenvalue weighted by atomic mass is 16.3. The van der Waals surface area contributed by atoms with Gasteiger partial charge < -0.3 is 20.4 Å². The van der Waals surface area contributed by atoms with Crippen LogP contribution >= 0.6 is 0 Å². The van der Waals surface area contributed by atoms with Crippen molar-refractivity contribution in [2.24, 2.45) is 0 Å². The van der Waals surface area contributed by atoms with Crippen molar-refractivity contribution in [3.63, 3.8) is 0 Å². The quantitative estimate of drug-likeness (QED) is 0.308. The van der Waals surface area contributed by atoms with Crippen LogP contribution in [0.1, 0.15) is 11.1 Å². The molecule has 0 radical (unpaired) electrons. The lowest BCUT2D eigenvalue weighted by molar-refractivity contribution is 0.404. The van der Waals surface area contributed by atoms with Crippen molar-refractivity contribution in [1.82, 2.24) is 0 Å². The fourth-order valence-electron chi connectivity index (χ4n) is 4.23. The molecular weight excluding hydrogens is 364 g/mol. The van der Waals surface area contributed by atoms with Crippen molar-refractivity contribution in [2.45, 2.75) is 6.42 Å². The molecule has 0 aromatic heterocycles. The minimum absolute atomic E-state index is 0.207. The highest BCUT2D eigenvalue weighted by molar-refractivity contribution is 5.97. The second kappa shape index (κ2) is 6.31. The van der Waals surface area contributed by atoms with Gasteiger partial charge >= 0.3 is 0 Å². The smallest absolute Gasteiger partial charge is 0.165 e. The molecule has 4 nitrogen and oxygen atoms in total. The summed E-state index contributed by atoms with van der Waals surface area (Å²) in [7, 11) is 0. The van der Waals surface area contributed by atoms with E-state index in [0.717, 1.165) is 22.3 Å². The summed E-state index contributed by atoms with van der Waals surface area (Å²) in [5.74, 6) is -0.847. The molecule has 5 rings (SSSR count). The zero-order chi connectivity index (χ0) is 20.1. The Hall–Kier alpha value is -3.92. The highest BCUT2D eigenvalue weighted by Crippen LogP contribution is 2.51. The number of para-hydroxylation sites is 2. The lowest BCUT2D eigenvalue weighted by Gasteiger charge is -2.18. The fraction of sp³-hybridized carbons (Fsp3) is 0.0400. The van der Waals surface area contributed by atoms with Gasteiger partial charge in [-0.3, -0.25) is 0 Å². The average Bonchev–Trinajstić information content (AvgIpc) is 3.10. The summed E-state index contributed by atoms with van der Waals surface area (Å²) in [6.45, 7) is 0. The van der Waals surface area contributed by atoms with Crippen LogP contribution in [0.2, 0.25) is 0 Å². The van der Waals surface area contributed by atoms with Crippen molar-refractivity contribution in [3.8, 4) is 56.4 Å². The van der Waals surface area contributed by atoms with Gasteiger partial charge in [0.25, 0.3) is 0 Å². The summed E-state index contributed by atoms with van der Waals surface area (Å²) in [5, 5.41) is 41.3. The van der Waals surface area contributed by atoms with E-state index in [0.29, 0.717) is 23.1 Å². The molecule has 29 heavy (non-hydrogen) atoms. The average molecular weight is 382 g/mol. The highest BCUT2D eigenvalue weighted by Gasteiger charge is 2.27. The maximum atomic E-state index is 10.6. The zero-order valence-electron chi connectivity index (χ0n) is 15.4. The Labute approximate surface area is 167 Å². The first-order valence-corrected chi connectivity index (χ1v) is 9.33. The lowest BCUT2D eigenvalue weighted by Crippen LogP contribution is -1.94. The van der Waals surface area contributed by atoms with Crippen LogP contribution < -0.4 is 0 Å². The van der Waals surface area contributed by atoms with Crippen LogP contribution in [0.3, 0.4) is 0 Å². The van der Waals surface area contributed by atoms with Gasteiger partial charge in [-0.05, 0) is 51.9 Å². The van der Waals surface area contributed by atoms with Gasteiger partial charge in [-0.15, -0.1) is 0 Å². The van der Waals surface area contributed by atoms with E-state index in [4.69, 9.17) is 0 Å². The molecule has 0 bridgehead atoms. The Morgan fingerprint density at radius 1 is 0.483 bits per heavy atom. The number of benzene rings is 4. The van der Waals surface area contributed by atoms with Gasteiger partial charge in [-0.1, -0.05) is 60.7 Å². The Kier molecular flexibility index (Phi) is 3.74. The first-order chi connectivity index (χ1) is 14.1. The monoisotopic (exact) mass is 382 g/mol. The van der Waals surface area contributed by atoms with Crippen LogP contribution in [0, 0.1) is 0 Å². The largest absolute Gasteiger partial charge is 0.504 e. The summed E-state index contributed by atoms with van der Waals surface area (Å²) < 4.78 is 0. The number of hydrogen-bond acceptors (Lipinski definition) is 4. The van der Waals surface area contributed by atoms with Crippen LogP contribution in [0.5, 0.6) is 23.0 Å². The Morgan fingerprint density at radius 3 is 1.83 bits per heavy atom. The maximum absolute atomic E-state index is 10.6. The van der Waals surface area contributed by atoms with E-state index in [1.165, 1.54) is 17.7 Å². The number of phenols is 4. The third kappa shape index (κ3) is 2.53. The molecule has 0 spiro atoms. The molecular formula is C25H18O4. The Balaban J connectivity index is 1.87. The normalized spacial score (nSPS) is 11.9. The summed E-state index contributed by atoms with van der Waals surface area (Å²) in [6, 6.07) is 21.7. The maximum Gasteiger partial charge on any atom is 0.165 e. The molecule has 4 heteroatoms. The van der Waals surface area contributed by atoms with E-state index in [9.17, 15) is 20.4 Å². The van der Waals surface area contributed by atoms with Gasteiger partial charge in [0.1, 0.15) is 0 Å². The Morgan fingerprint density at radius 2 is 1.07 bits per heavy atom. The van der Waals surface area contributed by atoms with Crippen LogP contribution in [0.25, 0.3) is 33.4 Å². The van der Waals surface area contributed by atoms with E-state index in [1.54, 1.807) is 24.3 Å². The topological polar surface area (TPSA) is 80.9 Å². The third-order valence-corrected chi connectivity index (χ3v) is 5.58. The SMILES string of the molecule is Oc1cccc(-c2ccc3c(c2-c2cccc(O)c2O)Cc2ccccc2-3)c1O. The third-order valence-electron chi connectivity index (χ3n) is 5.58. The van der Waals surface area contributed by atoms with E-state index in [-0.39, 0.29) is 23.0 Å². The molecule has 0 amide bonds. The van der Waals surface area contributed by atoms with Gasteiger partial charge in [-0.25, -0.2) is 0 Å². The van der Waals surface area contributed by atoms with Crippen molar-refractivity contribution >= 4 is 0 Å². The molecule has 4 aromatic rings. The van der Waals surface area contributed by atoms with Crippen LogP contribution in [0.15, 0.2) is 72.8 Å². The van der Waals surface area contributed by atoms with Crippen molar-refractivity contribution in [2.75, 3.05) is 0 Å². The van der Waals surface area contributed by atoms with E-state index in [1.807, 2.05) is 24.3 Å². The summed E-state index contributed by atoms with van der Waals surface area (Å²) in [6.07, 6.45) is 0.670. The molecule has 0 unspecified atom stereocenters. The standard InChI is InChI=1S/C25H18O4/c26-21-9-3-7-18(24(21)28)17-12-11-16-15-6-2-1-5-14(15)13-20(16)23(17)19-8-4-10-22(27)25(19)29/h1-12,26-29H,13H2. The molecule has 1 aliphatic carbocycles. The number of aromatic hydroxyl groups is 4. The number of rotatable bonds is 2. The summed E-state index contributed by atoms with van der Waals surface area (Å²) in [4.78, 5) is 0. The summed E-state index contributed by atoms with van der Waals surface area (Å²) >= 11 is 0. The zero-order valence-corrected chi connectivity index (χ0v) is 15.4. The molecule has 0 fully saturated rings. The fourth-order valence-corrected chi connectivity index (χ4v) is 4.23. The summed E-state index contributed by atoms with van der Waals surface area (Å²) in [5.41, 5.74) is 6.72. The van der Waals surface area contributed by atoms with Gasteiger partial charge in [0.2, 0.25) is 0 Å². The molecule has 0 heterocycles. The van der Waals surface area contributed by atoms with Crippen molar-refractivity contribution < 1.29 is 20.4 Å². The molecule has 0 atom stereocenters. The van der Waals surface area contributed by atoms with Crippen LogP contribution in [0.4, 0.5) is 0 Å². The lowest BCUT2D eigenvalue weighted by atomic mass is 9.87. The minimum atomic E-state index is -0.219. The second-order valence-electron chi connectivity index (χ2n) is 7.19. The van der Waals surface area contributed by atoms with E-state index >= 15 is 0 Å². The number of fused-ring (bicyclic) bond motifs is 3. The van der Waals surface area contributed by atoms with Crippen molar-refractivity contribution in [1.29, 1.82) is 0 Å². The molecule has 0 saturated heterocycles. The molecule has 0 saturated carbocycles. The molecule has 142 valence electrons. The molecule has 4 aromatic carbocycles. The Bertz CT molecular complexity index is 1270. The first-order valence-electron chi connectivity index (χ1n) is 9.33. The predicted octanol–water partition coefficient (Wildman–Crippen LogP) is 5.41. The first kappa shape index (κ1) is 17.2. The van der Waals surface area contributed by atoms with Gasteiger partial charge in [0, 0.05) is 11.1 Å². The van der Waals surface area contributed by atoms with Crippen LogP contribution in [-0.4, -0.2) is 20.4 Å². The predicted molar refractivity (Wildman–Crippen MR) is 112 cm³/mol. The molecule has 1 aliphatic rings. The van der Waals surface area contributed by atoms with Gasteiger partial charge in [-0.2, -0.15) is 0 Å². The van der Waals surface area contributed by atoms with Crippen LogP contribution in [-0.2, 0) is 6.42 Å². The van der Waals surface area contributed by atoms with Gasteiger partial charge in [0.05, 0.1) is 0 Å². The van der Waals surface area contributed by atoms with E-state index < -0.39 is 0 Å². The number of hydrogen-bond donors (Lipinski definition) is 4. The van der Waals surface area contributed by atoms with E-state index in [2.05, 4.69) is 12.1 Å². The second-order valence-corrected chi connectivity index (χ2v) is 7.19. The van der Waals surface area contributed by atoms with Gasteiger partial charge in [0.15, 0.2) is 23.0 Å². The minimum Gasteiger partial charge on any atom is -0.504 e. The van der Waals surface area contributed by atoms with Crippen molar-refractivity contribution in [3.05, 3.63) is 83.9 Å². The number of phenolic OH excluding ortho intramolecular Hbond substituents is 4. The molecule has 0 aliphatic heterocycles.